The fraction of sp³-hybridized carbons (Fsp3) is 0.364. The van der Waals surface area contributed by atoms with E-state index in [1.54, 1.807) is 19.0 Å². The van der Waals surface area contributed by atoms with Gasteiger partial charge in [-0.05, 0) is 55.8 Å². The zero-order valence-electron chi connectivity index (χ0n) is 16.5. The van der Waals surface area contributed by atoms with Crippen LogP contribution in [0.25, 0.3) is 0 Å². The minimum Gasteiger partial charge on any atom is -0.371 e. The number of hydrogen-bond donors (Lipinski definition) is 3. The summed E-state index contributed by atoms with van der Waals surface area (Å²) in [5.41, 5.74) is 3.74. The average Bonchev–Trinajstić information content (AvgIpc) is 2.72. The van der Waals surface area contributed by atoms with E-state index in [0.717, 1.165) is 48.7 Å². The van der Waals surface area contributed by atoms with Crippen LogP contribution in [0.15, 0.2) is 53.5 Å². The average molecular weight is 377 g/mol. The lowest BCUT2D eigenvalue weighted by Crippen LogP contribution is -2.57. The number of piperidine rings is 1. The van der Waals surface area contributed by atoms with Gasteiger partial charge >= 0.3 is 0 Å². The van der Waals surface area contributed by atoms with E-state index in [1.165, 1.54) is 0 Å². The van der Waals surface area contributed by atoms with Gasteiger partial charge < -0.3 is 20.9 Å². The van der Waals surface area contributed by atoms with Crippen molar-refractivity contribution in [2.45, 2.75) is 24.9 Å². The van der Waals surface area contributed by atoms with Crippen molar-refractivity contribution >= 4 is 23.1 Å². The van der Waals surface area contributed by atoms with Crippen molar-refractivity contribution in [2.75, 3.05) is 37.8 Å². The number of aliphatic imine (C=N–C) groups is 1. The maximum Gasteiger partial charge on any atom is 0.253 e. The lowest BCUT2D eigenvalue weighted by Gasteiger charge is -2.44. The van der Waals surface area contributed by atoms with Crippen molar-refractivity contribution < 1.29 is 4.79 Å². The van der Waals surface area contributed by atoms with Crippen LogP contribution in [-0.2, 0) is 6.54 Å². The van der Waals surface area contributed by atoms with Crippen LogP contribution < -0.4 is 16.0 Å². The van der Waals surface area contributed by atoms with E-state index in [0.29, 0.717) is 12.1 Å². The molecule has 3 N–H and O–H groups in total. The minimum absolute atomic E-state index is 0.00992. The number of carbonyl (C=O) groups excluding carboxylic acids is 1. The van der Waals surface area contributed by atoms with Crippen LogP contribution >= 0.6 is 0 Å². The lowest BCUT2D eigenvalue weighted by molar-refractivity contribution is 0.0827. The van der Waals surface area contributed by atoms with Crippen LogP contribution in [0.2, 0.25) is 0 Å². The molecule has 0 aromatic heterocycles. The molecule has 0 aliphatic carbocycles. The molecule has 2 heterocycles. The van der Waals surface area contributed by atoms with Crippen molar-refractivity contribution in [1.82, 2.24) is 10.2 Å². The highest BCUT2D eigenvalue weighted by atomic mass is 16.2. The number of benzene rings is 2. The van der Waals surface area contributed by atoms with Crippen LogP contribution in [0.1, 0.15) is 28.8 Å². The third-order valence-electron chi connectivity index (χ3n) is 5.46. The highest BCUT2D eigenvalue weighted by molar-refractivity contribution is 6.09. The van der Waals surface area contributed by atoms with Gasteiger partial charge in [-0.2, -0.15) is 0 Å². The Morgan fingerprint density at radius 2 is 1.82 bits per heavy atom. The van der Waals surface area contributed by atoms with Gasteiger partial charge in [-0.15, -0.1) is 0 Å². The predicted octanol–water partition coefficient (Wildman–Crippen LogP) is 2.95. The second-order valence-electron chi connectivity index (χ2n) is 7.69. The summed E-state index contributed by atoms with van der Waals surface area (Å²) in [6.07, 6.45) is 1.96. The number of carbonyl (C=O) groups is 1. The smallest absolute Gasteiger partial charge is 0.253 e. The topological polar surface area (TPSA) is 68.8 Å². The Morgan fingerprint density at radius 3 is 2.57 bits per heavy atom. The number of hydrogen-bond acceptors (Lipinski definition) is 4. The van der Waals surface area contributed by atoms with Crippen LogP contribution in [0.5, 0.6) is 0 Å². The van der Waals surface area contributed by atoms with Crippen LogP contribution in [-0.4, -0.2) is 49.4 Å². The first-order valence-electron chi connectivity index (χ1n) is 9.78. The van der Waals surface area contributed by atoms with Crippen molar-refractivity contribution in [3.05, 3.63) is 59.7 Å². The highest BCUT2D eigenvalue weighted by Crippen LogP contribution is 2.35. The van der Waals surface area contributed by atoms with Crippen molar-refractivity contribution in [2.24, 2.45) is 4.99 Å². The molecule has 2 aliphatic heterocycles. The molecule has 0 bridgehead atoms. The molecule has 1 fully saturated rings. The molecule has 1 saturated heterocycles. The summed E-state index contributed by atoms with van der Waals surface area (Å²) in [6.45, 7) is 2.46. The molecule has 1 amide bonds. The third-order valence-corrected chi connectivity index (χ3v) is 5.46. The van der Waals surface area contributed by atoms with Gasteiger partial charge in [0, 0.05) is 19.7 Å². The zero-order chi connectivity index (χ0) is 19.6. The summed E-state index contributed by atoms with van der Waals surface area (Å²) >= 11 is 0. The fourth-order valence-electron chi connectivity index (χ4n) is 3.90. The van der Waals surface area contributed by atoms with Gasteiger partial charge in [-0.1, -0.05) is 24.3 Å². The standard InChI is InChI=1S/C22H27N5O/c1-27(2)20(28)17-7-5-6-16(14-17)15-24-21-22(10-12-23-13-11-22)26-19-9-4-3-8-18(19)25-21/h3-9,14,23,26H,10-13,15H2,1-2H3,(H,24,25). The highest BCUT2D eigenvalue weighted by Gasteiger charge is 2.40. The molecule has 6 heteroatoms. The number of nitrogens with one attached hydrogen (secondary N) is 3. The number of fused-ring (bicyclic) bond motifs is 1. The van der Waals surface area contributed by atoms with Gasteiger partial charge in [0.1, 0.15) is 5.84 Å². The maximum absolute atomic E-state index is 12.2. The van der Waals surface area contributed by atoms with E-state index >= 15 is 0 Å². The first-order chi connectivity index (χ1) is 13.6. The number of amides is 1. The molecule has 28 heavy (non-hydrogen) atoms. The van der Waals surface area contributed by atoms with Gasteiger partial charge in [-0.3, -0.25) is 9.79 Å². The summed E-state index contributed by atoms with van der Waals surface area (Å²) < 4.78 is 0. The van der Waals surface area contributed by atoms with Crippen molar-refractivity contribution in [1.29, 1.82) is 0 Å². The van der Waals surface area contributed by atoms with E-state index in [9.17, 15) is 4.79 Å². The van der Waals surface area contributed by atoms with Gasteiger partial charge in [-0.25, -0.2) is 0 Å². The maximum atomic E-state index is 12.2. The van der Waals surface area contributed by atoms with Gasteiger partial charge in [0.2, 0.25) is 0 Å². The number of anilines is 2. The molecule has 0 saturated carbocycles. The molecule has 2 aromatic carbocycles. The lowest BCUT2D eigenvalue weighted by atomic mass is 9.84. The number of amidine groups is 1. The van der Waals surface area contributed by atoms with Gasteiger partial charge in [0.05, 0.1) is 23.5 Å². The van der Waals surface area contributed by atoms with Gasteiger partial charge in [0.15, 0.2) is 0 Å². The minimum atomic E-state index is -0.170. The van der Waals surface area contributed by atoms with Gasteiger partial charge in [0.25, 0.3) is 5.91 Å². The Labute approximate surface area is 166 Å². The van der Waals surface area contributed by atoms with E-state index in [4.69, 9.17) is 4.99 Å². The van der Waals surface area contributed by atoms with E-state index in [-0.39, 0.29) is 11.4 Å². The molecular weight excluding hydrogens is 350 g/mol. The summed E-state index contributed by atoms with van der Waals surface area (Å²) in [5.74, 6) is 0.993. The van der Waals surface area contributed by atoms with Crippen LogP contribution in [0.3, 0.4) is 0 Å². The molecule has 0 radical (unpaired) electrons. The third kappa shape index (κ3) is 3.60. The molecule has 6 nitrogen and oxygen atoms in total. The summed E-state index contributed by atoms with van der Waals surface area (Å²) in [5, 5.41) is 10.8. The molecule has 4 rings (SSSR count). The van der Waals surface area contributed by atoms with Crippen LogP contribution in [0.4, 0.5) is 11.4 Å². The Morgan fingerprint density at radius 1 is 1.07 bits per heavy atom. The molecular formula is C22H27N5O. The van der Waals surface area contributed by atoms with E-state index < -0.39 is 0 Å². The van der Waals surface area contributed by atoms with Crippen LogP contribution in [0, 0.1) is 0 Å². The monoisotopic (exact) mass is 377 g/mol. The Balaban J connectivity index is 1.62. The SMILES string of the molecule is CN(C)C(=O)c1cccc(CN=C2Nc3ccccc3NC23CCNCC3)c1. The zero-order valence-corrected chi connectivity index (χ0v) is 16.5. The van der Waals surface area contributed by atoms with E-state index in [1.807, 2.05) is 30.3 Å². The fourth-order valence-corrected chi connectivity index (χ4v) is 3.90. The summed E-state index contributed by atoms with van der Waals surface area (Å²) in [4.78, 5) is 18.8. The largest absolute Gasteiger partial charge is 0.371 e. The Hall–Kier alpha value is -2.86. The van der Waals surface area contributed by atoms with Crippen molar-refractivity contribution in [3.8, 4) is 0 Å². The Bertz CT molecular complexity index is 899. The molecule has 0 unspecified atom stereocenters. The number of nitrogens with zero attached hydrogens (tertiary/aromatic N) is 2. The summed E-state index contributed by atoms with van der Waals surface area (Å²) in [6, 6.07) is 16.0. The molecule has 2 aromatic rings. The molecule has 0 atom stereocenters. The second kappa shape index (κ2) is 7.64. The number of rotatable bonds is 3. The predicted molar refractivity (Wildman–Crippen MR) is 114 cm³/mol. The Kier molecular flexibility index (Phi) is 5.05. The normalized spacial score (nSPS) is 18.9. The molecule has 146 valence electrons. The van der Waals surface area contributed by atoms with Crippen molar-refractivity contribution in [3.63, 3.8) is 0 Å². The molecule has 2 aliphatic rings. The van der Waals surface area contributed by atoms with E-state index in [2.05, 4.69) is 34.1 Å². The quantitative estimate of drug-likeness (QED) is 0.769. The first-order valence-corrected chi connectivity index (χ1v) is 9.78. The first kappa shape index (κ1) is 18.5. The number of para-hydroxylation sites is 2. The molecule has 1 spiro atoms. The summed E-state index contributed by atoms with van der Waals surface area (Å²) in [7, 11) is 3.54. The second-order valence-corrected chi connectivity index (χ2v) is 7.69.